The molecule has 1 aliphatic heterocycles. The highest BCUT2D eigenvalue weighted by atomic mass is 32.2. The molecule has 1 aliphatic rings. The zero-order valence-electron chi connectivity index (χ0n) is 25.6. The Bertz CT molecular complexity index is 1190. The van der Waals surface area contributed by atoms with Gasteiger partial charge in [-0.15, -0.1) is 11.8 Å². The molecular weight excluding hydrogens is 554 g/mol. The van der Waals surface area contributed by atoms with E-state index in [0.29, 0.717) is 25.8 Å². The Balaban J connectivity index is 1.53. The SMILES string of the molecule is CSC1O[C@@H](c2ccc(C)c(Cc3ccc(CCCC(=O)NC(C)(C)C(=O)NCCN(C)C)cc3)c2)[C@H](O)[C@@H](O)[C@@H]1O. The number of carbonyl (C=O) groups is 2. The molecule has 232 valence electrons. The van der Waals surface area contributed by atoms with Gasteiger partial charge in [-0.25, -0.2) is 0 Å². The van der Waals surface area contributed by atoms with Crippen molar-refractivity contribution in [2.75, 3.05) is 33.4 Å². The average Bonchev–Trinajstić information content (AvgIpc) is 2.93. The molecule has 0 saturated carbocycles. The summed E-state index contributed by atoms with van der Waals surface area (Å²) in [7, 11) is 3.88. The van der Waals surface area contributed by atoms with Crippen LogP contribution in [0.1, 0.15) is 60.6 Å². The molecule has 0 radical (unpaired) electrons. The fourth-order valence-corrected chi connectivity index (χ4v) is 5.63. The molecule has 1 unspecified atom stereocenters. The van der Waals surface area contributed by atoms with E-state index >= 15 is 0 Å². The van der Waals surface area contributed by atoms with Crippen molar-refractivity contribution in [3.8, 4) is 0 Å². The number of nitrogens with zero attached hydrogens (tertiary/aromatic N) is 1. The largest absolute Gasteiger partial charge is 0.387 e. The highest BCUT2D eigenvalue weighted by Gasteiger charge is 2.44. The standard InChI is InChI=1S/C32H47N3O6S/c1-20-10-15-23(29-27(38)26(37)28(39)30(41-29)42-6)19-24(20)18-22-13-11-21(12-14-22)8-7-9-25(36)34-32(2,3)31(40)33-16-17-35(4)5/h10-15,19,26-30,37-39H,7-9,16-18H2,1-6H3,(H,33,40)(H,34,36)/t26-,27-,28+,29+,30?/m1/s1. The zero-order valence-corrected chi connectivity index (χ0v) is 26.4. The van der Waals surface area contributed by atoms with Crippen molar-refractivity contribution in [3.63, 3.8) is 0 Å². The molecule has 0 aromatic heterocycles. The minimum absolute atomic E-state index is 0.146. The van der Waals surface area contributed by atoms with Crippen LogP contribution in [0.15, 0.2) is 42.5 Å². The number of hydrogen-bond donors (Lipinski definition) is 5. The van der Waals surface area contributed by atoms with Crippen LogP contribution >= 0.6 is 11.8 Å². The number of aliphatic hydroxyl groups excluding tert-OH is 3. The first-order valence-corrected chi connectivity index (χ1v) is 15.7. The first-order chi connectivity index (χ1) is 19.8. The summed E-state index contributed by atoms with van der Waals surface area (Å²) >= 11 is 1.30. The molecule has 2 amide bonds. The summed E-state index contributed by atoms with van der Waals surface area (Å²) in [5.41, 5.74) is 3.61. The Hall–Kier alpha value is -2.47. The predicted octanol–water partition coefficient (Wildman–Crippen LogP) is 2.32. The molecular formula is C32H47N3O6S. The van der Waals surface area contributed by atoms with Gasteiger partial charge in [-0.2, -0.15) is 0 Å². The number of nitrogens with one attached hydrogen (secondary N) is 2. The molecule has 0 bridgehead atoms. The normalized spacial score (nSPS) is 22.7. The third-order valence-corrected chi connectivity index (χ3v) is 8.51. The molecule has 0 spiro atoms. The van der Waals surface area contributed by atoms with Gasteiger partial charge >= 0.3 is 0 Å². The maximum atomic E-state index is 12.5. The smallest absolute Gasteiger partial charge is 0.245 e. The number of likely N-dealkylation sites (N-methyl/N-ethyl adjacent to an activating group) is 1. The Morgan fingerprint density at radius 1 is 1.00 bits per heavy atom. The van der Waals surface area contributed by atoms with Crippen LogP contribution in [0, 0.1) is 6.92 Å². The number of hydrogen-bond acceptors (Lipinski definition) is 8. The zero-order chi connectivity index (χ0) is 31.0. The van der Waals surface area contributed by atoms with Crippen molar-refractivity contribution in [2.24, 2.45) is 0 Å². The highest BCUT2D eigenvalue weighted by molar-refractivity contribution is 7.99. The molecule has 2 aromatic carbocycles. The van der Waals surface area contributed by atoms with Gasteiger partial charge in [0.2, 0.25) is 11.8 Å². The first-order valence-electron chi connectivity index (χ1n) is 14.5. The van der Waals surface area contributed by atoms with Gasteiger partial charge in [0, 0.05) is 19.5 Å². The number of amides is 2. The Labute approximate surface area is 254 Å². The summed E-state index contributed by atoms with van der Waals surface area (Å²) < 4.78 is 5.95. The van der Waals surface area contributed by atoms with E-state index in [1.807, 2.05) is 44.1 Å². The number of carbonyl (C=O) groups excluding carboxylic acids is 2. The van der Waals surface area contributed by atoms with Crippen LogP contribution in [0.5, 0.6) is 0 Å². The lowest BCUT2D eigenvalue weighted by Crippen LogP contribution is -2.55. The maximum absolute atomic E-state index is 12.5. The Morgan fingerprint density at radius 2 is 1.67 bits per heavy atom. The fraction of sp³-hybridized carbons (Fsp3) is 0.562. The summed E-state index contributed by atoms with van der Waals surface area (Å²) in [6.07, 6.45) is -0.155. The van der Waals surface area contributed by atoms with Crippen molar-refractivity contribution in [3.05, 3.63) is 70.3 Å². The molecule has 10 heteroatoms. The van der Waals surface area contributed by atoms with Crippen LogP contribution in [-0.2, 0) is 27.2 Å². The topological polar surface area (TPSA) is 131 Å². The second kappa shape index (κ2) is 15.3. The second-order valence-corrected chi connectivity index (χ2v) is 12.8. The van der Waals surface area contributed by atoms with Gasteiger partial charge in [-0.05, 0) is 88.2 Å². The number of thioether (sulfide) groups is 1. The molecule has 2 aromatic rings. The second-order valence-electron chi connectivity index (χ2n) is 11.9. The third kappa shape index (κ3) is 9.26. The summed E-state index contributed by atoms with van der Waals surface area (Å²) in [6, 6.07) is 14.2. The van der Waals surface area contributed by atoms with Gasteiger partial charge in [-0.3, -0.25) is 9.59 Å². The van der Waals surface area contributed by atoms with Gasteiger partial charge in [0.05, 0.1) is 0 Å². The van der Waals surface area contributed by atoms with Gasteiger partial charge in [-0.1, -0.05) is 42.5 Å². The van der Waals surface area contributed by atoms with Gasteiger partial charge < -0.3 is 35.6 Å². The van der Waals surface area contributed by atoms with Gasteiger partial charge in [0.25, 0.3) is 0 Å². The highest BCUT2D eigenvalue weighted by Crippen LogP contribution is 2.36. The maximum Gasteiger partial charge on any atom is 0.245 e. The van der Waals surface area contributed by atoms with Crippen LogP contribution in [0.3, 0.4) is 0 Å². The number of ether oxygens (including phenoxy) is 1. The molecule has 0 aliphatic carbocycles. The molecule has 42 heavy (non-hydrogen) atoms. The Kier molecular flexibility index (Phi) is 12.4. The Morgan fingerprint density at radius 3 is 2.31 bits per heavy atom. The van der Waals surface area contributed by atoms with Gasteiger partial charge in [0.15, 0.2) is 0 Å². The lowest BCUT2D eigenvalue weighted by molar-refractivity contribution is -0.200. The predicted molar refractivity (Wildman–Crippen MR) is 166 cm³/mol. The first kappa shape index (κ1) is 34.0. The van der Waals surface area contributed by atoms with E-state index in [0.717, 1.165) is 40.8 Å². The summed E-state index contributed by atoms with van der Waals surface area (Å²) in [5, 5.41) is 36.8. The van der Waals surface area contributed by atoms with Crippen LogP contribution in [-0.4, -0.2) is 94.8 Å². The molecule has 9 nitrogen and oxygen atoms in total. The number of rotatable bonds is 13. The molecule has 1 fully saturated rings. The molecule has 3 rings (SSSR count). The number of aryl methyl sites for hydroxylation is 2. The molecule has 1 heterocycles. The fourth-order valence-electron chi connectivity index (χ4n) is 4.96. The quantitative estimate of drug-likeness (QED) is 0.237. The van der Waals surface area contributed by atoms with E-state index in [1.165, 1.54) is 11.8 Å². The number of aliphatic hydroxyl groups is 3. The van der Waals surface area contributed by atoms with Gasteiger partial charge in [0.1, 0.15) is 35.4 Å². The van der Waals surface area contributed by atoms with Crippen LogP contribution in [0.25, 0.3) is 0 Å². The summed E-state index contributed by atoms with van der Waals surface area (Å²) in [6.45, 7) is 6.72. The van der Waals surface area contributed by atoms with Crippen LogP contribution < -0.4 is 10.6 Å². The summed E-state index contributed by atoms with van der Waals surface area (Å²) in [5.74, 6) is -0.343. The van der Waals surface area contributed by atoms with Crippen molar-refractivity contribution >= 4 is 23.6 Å². The molecule has 5 atom stereocenters. The monoisotopic (exact) mass is 601 g/mol. The van der Waals surface area contributed by atoms with Crippen molar-refractivity contribution in [1.29, 1.82) is 0 Å². The van der Waals surface area contributed by atoms with E-state index in [2.05, 4.69) is 34.9 Å². The minimum Gasteiger partial charge on any atom is -0.387 e. The van der Waals surface area contributed by atoms with Crippen molar-refractivity contribution in [1.82, 2.24) is 15.5 Å². The lowest BCUT2D eigenvalue weighted by atomic mass is 9.91. The number of benzene rings is 2. The van der Waals surface area contributed by atoms with E-state index in [4.69, 9.17) is 4.74 Å². The van der Waals surface area contributed by atoms with E-state index < -0.39 is 35.4 Å². The van der Waals surface area contributed by atoms with E-state index in [1.54, 1.807) is 20.1 Å². The molecule has 5 N–H and O–H groups in total. The van der Waals surface area contributed by atoms with Crippen LogP contribution in [0.4, 0.5) is 0 Å². The van der Waals surface area contributed by atoms with E-state index in [9.17, 15) is 24.9 Å². The van der Waals surface area contributed by atoms with Crippen LogP contribution in [0.2, 0.25) is 0 Å². The lowest BCUT2D eigenvalue weighted by Gasteiger charge is -2.40. The average molecular weight is 602 g/mol. The molecule has 1 saturated heterocycles. The minimum atomic E-state index is -1.28. The third-order valence-electron chi connectivity index (χ3n) is 7.65. The summed E-state index contributed by atoms with van der Waals surface area (Å²) in [4.78, 5) is 26.9. The van der Waals surface area contributed by atoms with Crippen molar-refractivity contribution in [2.45, 2.75) is 81.8 Å². The van der Waals surface area contributed by atoms with Crippen molar-refractivity contribution < 1.29 is 29.6 Å². The van der Waals surface area contributed by atoms with E-state index in [-0.39, 0.29) is 11.8 Å².